The lowest BCUT2D eigenvalue weighted by atomic mass is 9.91. The summed E-state index contributed by atoms with van der Waals surface area (Å²) in [6, 6.07) is 3.02. The average molecular weight is 525 g/mol. The van der Waals surface area contributed by atoms with Crippen LogP contribution in [0.3, 0.4) is 0 Å². The summed E-state index contributed by atoms with van der Waals surface area (Å²) >= 11 is 1.33. The number of alkyl halides is 4. The van der Waals surface area contributed by atoms with Crippen LogP contribution in [0.1, 0.15) is 52.2 Å². The fourth-order valence-corrected chi connectivity index (χ4v) is 5.40. The fraction of sp³-hybridized carbons (Fsp3) is 0.565. The minimum Gasteiger partial charge on any atom is -0.352 e. The molecular weight excluding hydrogens is 500 g/mol. The highest BCUT2D eigenvalue weighted by molar-refractivity contribution is 7.17. The number of rotatable bonds is 7. The smallest absolute Gasteiger partial charge is 0.352 e. The van der Waals surface area contributed by atoms with Crippen LogP contribution in [0.5, 0.6) is 0 Å². The molecule has 8 nitrogen and oxygen atoms in total. The number of thiophene rings is 1. The van der Waals surface area contributed by atoms with Gasteiger partial charge in [-0.05, 0) is 50.0 Å². The highest BCUT2D eigenvalue weighted by atomic mass is 32.1. The lowest BCUT2D eigenvalue weighted by molar-refractivity contribution is -0.141. The fourth-order valence-electron chi connectivity index (χ4n) is 4.15. The highest BCUT2D eigenvalue weighted by Crippen LogP contribution is 2.41. The minimum absolute atomic E-state index is 0.0329. The first-order chi connectivity index (χ1) is 17.1. The first kappa shape index (κ1) is 24.6. The van der Waals surface area contributed by atoms with Gasteiger partial charge in [-0.15, -0.1) is 11.3 Å². The molecule has 13 heteroatoms. The van der Waals surface area contributed by atoms with Gasteiger partial charge in [-0.2, -0.15) is 23.3 Å². The first-order valence-corrected chi connectivity index (χ1v) is 12.6. The van der Waals surface area contributed by atoms with E-state index in [0.29, 0.717) is 42.3 Å². The molecule has 2 saturated carbocycles. The molecule has 2 heterocycles. The maximum Gasteiger partial charge on any atom is 0.435 e. The number of amides is 2. The Labute approximate surface area is 207 Å². The summed E-state index contributed by atoms with van der Waals surface area (Å²) in [5.41, 5.74) is 0.115. The molecule has 2 unspecified atom stereocenters. The monoisotopic (exact) mass is 524 g/mol. The molecule has 2 N–H and O–H groups in total. The van der Waals surface area contributed by atoms with Gasteiger partial charge in [0.2, 0.25) is 5.91 Å². The Hall–Kier alpha value is -3.05. The maximum absolute atomic E-state index is 13.4. The van der Waals surface area contributed by atoms with E-state index in [1.807, 2.05) is 0 Å². The van der Waals surface area contributed by atoms with Gasteiger partial charge in [0, 0.05) is 24.5 Å². The van der Waals surface area contributed by atoms with Crippen molar-refractivity contribution in [1.82, 2.24) is 15.1 Å². The van der Waals surface area contributed by atoms with Gasteiger partial charge in [0.15, 0.2) is 11.5 Å². The predicted octanol–water partition coefficient (Wildman–Crippen LogP) is 4.30. The maximum atomic E-state index is 13.4. The molecule has 0 aromatic carbocycles. The second-order valence-electron chi connectivity index (χ2n) is 9.46. The Bertz CT molecular complexity index is 1260. The molecule has 3 aliphatic rings. The molecule has 36 heavy (non-hydrogen) atoms. The van der Waals surface area contributed by atoms with Crippen molar-refractivity contribution in [3.8, 4) is 0 Å². The van der Waals surface area contributed by atoms with E-state index in [1.165, 1.54) is 18.4 Å². The topological polar surface area (TPSA) is 101 Å². The SMILES string of the molecule is Cn1nc(C(F)(F)F)cc1N=C=N[C@H]1CCc2sc(NC(=O)C3CC3F)c(C(=O)NCC3CC3)c2C1. The number of carbonyl (C=O) groups excluding carboxylic acids is 2. The molecule has 5 rings (SSSR count). The summed E-state index contributed by atoms with van der Waals surface area (Å²) in [4.78, 5) is 34.6. The third-order valence-electron chi connectivity index (χ3n) is 6.55. The molecule has 2 aromatic rings. The van der Waals surface area contributed by atoms with Crippen LogP contribution in [0.25, 0.3) is 0 Å². The number of aryl methyl sites for hydroxylation is 2. The largest absolute Gasteiger partial charge is 0.435 e. The molecule has 3 aliphatic carbocycles. The first-order valence-electron chi connectivity index (χ1n) is 11.7. The summed E-state index contributed by atoms with van der Waals surface area (Å²) in [6.45, 7) is 0.560. The number of nitrogens with one attached hydrogen (secondary N) is 2. The molecule has 0 radical (unpaired) electrons. The van der Waals surface area contributed by atoms with E-state index in [9.17, 15) is 27.2 Å². The van der Waals surface area contributed by atoms with Crippen LogP contribution in [0, 0.1) is 11.8 Å². The van der Waals surface area contributed by atoms with Gasteiger partial charge in [-0.3, -0.25) is 9.59 Å². The molecule has 2 amide bonds. The van der Waals surface area contributed by atoms with Crippen LogP contribution in [-0.4, -0.2) is 46.4 Å². The molecule has 0 bridgehead atoms. The summed E-state index contributed by atoms with van der Waals surface area (Å²) < 4.78 is 52.9. The van der Waals surface area contributed by atoms with Crippen LogP contribution in [-0.2, 0) is 30.9 Å². The van der Waals surface area contributed by atoms with Crippen molar-refractivity contribution >= 4 is 40.0 Å². The van der Waals surface area contributed by atoms with E-state index in [4.69, 9.17) is 0 Å². The number of halogens is 4. The molecule has 2 fully saturated rings. The van der Waals surface area contributed by atoms with Crippen LogP contribution < -0.4 is 10.6 Å². The average Bonchev–Trinajstić information content (AvgIpc) is 3.71. The summed E-state index contributed by atoms with van der Waals surface area (Å²) in [5.74, 6) is -0.943. The lowest BCUT2D eigenvalue weighted by Gasteiger charge is -2.18. The molecule has 3 atom stereocenters. The molecule has 0 saturated heterocycles. The Kier molecular flexibility index (Phi) is 6.46. The van der Waals surface area contributed by atoms with Crippen molar-refractivity contribution in [3.05, 3.63) is 27.8 Å². The van der Waals surface area contributed by atoms with Crippen LogP contribution >= 0.6 is 11.3 Å². The zero-order valence-electron chi connectivity index (χ0n) is 19.4. The Morgan fingerprint density at radius 1 is 1.31 bits per heavy atom. The number of aromatic nitrogens is 2. The van der Waals surface area contributed by atoms with Gasteiger partial charge >= 0.3 is 6.18 Å². The van der Waals surface area contributed by atoms with Gasteiger partial charge in [-0.1, -0.05) is 0 Å². The van der Waals surface area contributed by atoms with E-state index in [2.05, 4.69) is 31.7 Å². The van der Waals surface area contributed by atoms with Gasteiger partial charge in [0.1, 0.15) is 11.2 Å². The quantitative estimate of drug-likeness (QED) is 0.417. The number of carbonyl (C=O) groups is 2. The minimum atomic E-state index is -4.57. The second kappa shape index (κ2) is 9.44. The molecule has 0 spiro atoms. The van der Waals surface area contributed by atoms with Crippen molar-refractivity contribution in [1.29, 1.82) is 0 Å². The molecular formula is C23H24F4N6O2S. The molecule has 0 aliphatic heterocycles. The Balaban J connectivity index is 1.35. The van der Waals surface area contributed by atoms with E-state index in [1.54, 1.807) is 0 Å². The van der Waals surface area contributed by atoms with Crippen LogP contribution in [0.4, 0.5) is 28.4 Å². The normalized spacial score (nSPS) is 22.9. The Morgan fingerprint density at radius 2 is 2.06 bits per heavy atom. The molecule has 192 valence electrons. The predicted molar refractivity (Wildman–Crippen MR) is 125 cm³/mol. The lowest BCUT2D eigenvalue weighted by Crippen LogP contribution is -2.28. The third-order valence-corrected chi connectivity index (χ3v) is 7.75. The summed E-state index contributed by atoms with van der Waals surface area (Å²) in [5, 5.41) is 9.52. The van der Waals surface area contributed by atoms with E-state index in [0.717, 1.165) is 34.0 Å². The molecule has 2 aromatic heterocycles. The van der Waals surface area contributed by atoms with Gasteiger partial charge in [0.25, 0.3) is 5.91 Å². The van der Waals surface area contributed by atoms with Crippen LogP contribution in [0.15, 0.2) is 16.1 Å². The second-order valence-corrected chi connectivity index (χ2v) is 10.6. The van der Waals surface area contributed by atoms with E-state index < -0.39 is 29.9 Å². The van der Waals surface area contributed by atoms with E-state index in [-0.39, 0.29) is 24.2 Å². The van der Waals surface area contributed by atoms with E-state index >= 15 is 0 Å². The van der Waals surface area contributed by atoms with Crippen molar-refractivity contribution in [2.45, 2.75) is 56.9 Å². The van der Waals surface area contributed by atoms with Crippen molar-refractivity contribution in [3.63, 3.8) is 0 Å². The number of aliphatic imine (C=N–C) groups is 2. The highest BCUT2D eigenvalue weighted by Gasteiger charge is 2.44. The van der Waals surface area contributed by atoms with Crippen molar-refractivity contribution in [2.24, 2.45) is 28.9 Å². The number of nitrogens with zero attached hydrogens (tertiary/aromatic N) is 4. The van der Waals surface area contributed by atoms with Crippen molar-refractivity contribution < 1.29 is 27.2 Å². The zero-order valence-corrected chi connectivity index (χ0v) is 20.2. The zero-order chi connectivity index (χ0) is 25.6. The van der Waals surface area contributed by atoms with Crippen molar-refractivity contribution in [2.75, 3.05) is 11.9 Å². The number of anilines is 1. The summed E-state index contributed by atoms with van der Waals surface area (Å²) in [6.07, 6.45) is -1.76. The summed E-state index contributed by atoms with van der Waals surface area (Å²) in [7, 11) is 1.35. The van der Waals surface area contributed by atoms with Crippen LogP contribution in [0.2, 0.25) is 0 Å². The van der Waals surface area contributed by atoms with Gasteiger partial charge < -0.3 is 10.6 Å². The third kappa shape index (κ3) is 5.36. The number of hydrogen-bond acceptors (Lipinski definition) is 6. The number of hydrogen-bond donors (Lipinski definition) is 2. The Morgan fingerprint density at radius 3 is 2.69 bits per heavy atom. The number of fused-ring (bicyclic) bond motifs is 1. The standard InChI is InChI=1S/C23H24F4N6O2S/c1-33-18(8-17(32-33)23(25,26)27)30-10-29-12-4-5-16-14(6-12)19(21(35)28-9-11-2-3-11)22(36-16)31-20(34)13-7-15(13)24/h8,11-13,15H,2-7,9H2,1H3,(H,28,35)(H,31,34)/t12-,13?,15?/m0/s1. The van der Waals surface area contributed by atoms with Gasteiger partial charge in [0.05, 0.1) is 23.5 Å². The van der Waals surface area contributed by atoms with Gasteiger partial charge in [-0.25, -0.2) is 14.1 Å².